The van der Waals surface area contributed by atoms with Crippen LogP contribution in [-0.4, -0.2) is 144 Å². The molecule has 0 aliphatic carbocycles. The minimum absolute atomic E-state index is 0.978. The lowest BCUT2D eigenvalue weighted by molar-refractivity contribution is -0.404. The summed E-state index contributed by atoms with van der Waals surface area (Å²) in [5.41, 5.74) is 0. The molecule has 38 heavy (non-hydrogen) atoms. The molecule has 1 amide bonds. The number of ether oxygens (including phenoxy) is 4. The SMILES string of the molecule is C[C@@H]1OC(O[C@H]2CC(O)(C(=O)O)O[C@@H]([C@H](O)[C@H](O)CO)[C@@H]2NC(=O)CO)(C2C=CC=CO2)[C@@H](O)[C@H](O)[C@@H]1O. The molecule has 2 fully saturated rings. The zero-order valence-corrected chi connectivity index (χ0v) is 20.2. The van der Waals surface area contributed by atoms with Gasteiger partial charge in [-0.2, -0.15) is 0 Å². The molecule has 2 saturated heterocycles. The van der Waals surface area contributed by atoms with Gasteiger partial charge in [0.1, 0.15) is 43.2 Å². The van der Waals surface area contributed by atoms with Crippen molar-refractivity contribution < 1.29 is 74.5 Å². The van der Waals surface area contributed by atoms with Gasteiger partial charge in [0.15, 0.2) is 6.10 Å². The first kappa shape index (κ1) is 30.3. The highest BCUT2D eigenvalue weighted by molar-refractivity contribution is 5.78. The molecule has 0 radical (unpaired) electrons. The predicted octanol–water partition coefficient (Wildman–Crippen LogP) is -5.21. The molecule has 0 saturated carbocycles. The van der Waals surface area contributed by atoms with E-state index in [0.29, 0.717) is 0 Å². The number of allylic oxidation sites excluding steroid dienone is 2. The summed E-state index contributed by atoms with van der Waals surface area (Å²) in [7, 11) is 0. The smallest absolute Gasteiger partial charge is 0.364 e. The van der Waals surface area contributed by atoms with E-state index in [1.807, 2.05) is 0 Å². The molecule has 3 aliphatic heterocycles. The summed E-state index contributed by atoms with van der Waals surface area (Å²) >= 11 is 0. The van der Waals surface area contributed by atoms with Crippen LogP contribution in [0.3, 0.4) is 0 Å². The van der Waals surface area contributed by atoms with E-state index in [-0.39, 0.29) is 0 Å². The van der Waals surface area contributed by atoms with Gasteiger partial charge in [-0.25, -0.2) is 4.79 Å². The van der Waals surface area contributed by atoms with Crippen molar-refractivity contribution in [2.24, 2.45) is 0 Å². The zero-order valence-electron chi connectivity index (χ0n) is 20.2. The van der Waals surface area contributed by atoms with Crippen molar-refractivity contribution in [3.8, 4) is 0 Å². The maximum absolute atomic E-state index is 12.2. The van der Waals surface area contributed by atoms with Crippen LogP contribution in [0.5, 0.6) is 0 Å². The summed E-state index contributed by atoms with van der Waals surface area (Å²) < 4.78 is 22.5. The maximum atomic E-state index is 12.2. The van der Waals surface area contributed by atoms with Crippen molar-refractivity contribution in [2.45, 2.75) is 85.9 Å². The van der Waals surface area contributed by atoms with Gasteiger partial charge in [0.2, 0.25) is 11.7 Å². The van der Waals surface area contributed by atoms with Crippen LogP contribution in [0, 0.1) is 0 Å². The molecule has 16 heteroatoms. The number of hydrogen-bond acceptors (Lipinski definition) is 14. The molecule has 0 aromatic carbocycles. The van der Waals surface area contributed by atoms with E-state index < -0.39 is 104 Å². The highest BCUT2D eigenvalue weighted by Gasteiger charge is 2.63. The van der Waals surface area contributed by atoms with Gasteiger partial charge in [-0.05, 0) is 19.1 Å². The third-order valence-corrected chi connectivity index (χ3v) is 6.66. The zero-order chi connectivity index (χ0) is 28.4. The fourth-order valence-electron chi connectivity index (χ4n) is 4.61. The van der Waals surface area contributed by atoms with E-state index in [2.05, 4.69) is 5.32 Å². The second-order valence-electron chi connectivity index (χ2n) is 9.26. The second-order valence-corrected chi connectivity index (χ2v) is 9.26. The Kier molecular flexibility index (Phi) is 9.49. The summed E-state index contributed by atoms with van der Waals surface area (Å²) in [6.07, 6.45) is -11.3. The Hall–Kier alpha value is -2.22. The van der Waals surface area contributed by atoms with Gasteiger partial charge in [0, 0.05) is 6.42 Å². The summed E-state index contributed by atoms with van der Waals surface area (Å²) in [5, 5.41) is 93.8. The van der Waals surface area contributed by atoms with E-state index in [4.69, 9.17) is 18.9 Å². The third kappa shape index (κ3) is 5.70. The van der Waals surface area contributed by atoms with Gasteiger partial charge in [0.25, 0.3) is 5.79 Å². The van der Waals surface area contributed by atoms with Gasteiger partial charge in [-0.1, -0.05) is 6.08 Å². The number of hydrogen-bond donors (Lipinski definition) is 10. The molecular weight excluding hydrogens is 518 g/mol. The van der Waals surface area contributed by atoms with Crippen molar-refractivity contribution in [3.05, 3.63) is 24.5 Å². The summed E-state index contributed by atoms with van der Waals surface area (Å²) in [6.45, 7) is -0.768. The topological polar surface area (TPSA) is 265 Å². The number of aliphatic hydroxyl groups is 8. The normalized spacial score (nSPS) is 42.7. The quantitative estimate of drug-likeness (QED) is 0.128. The first-order valence-electron chi connectivity index (χ1n) is 11.7. The van der Waals surface area contributed by atoms with Crippen molar-refractivity contribution in [1.82, 2.24) is 5.32 Å². The molecule has 3 unspecified atom stereocenters. The average molecular weight is 551 g/mol. The minimum atomic E-state index is -3.10. The summed E-state index contributed by atoms with van der Waals surface area (Å²) in [4.78, 5) is 24.1. The van der Waals surface area contributed by atoms with E-state index in [1.165, 1.54) is 31.4 Å². The molecule has 0 spiro atoms. The fourth-order valence-corrected chi connectivity index (χ4v) is 4.61. The molecule has 16 nitrogen and oxygen atoms in total. The molecule has 10 N–H and O–H groups in total. The number of carboxylic acid groups (broad SMARTS) is 1. The second kappa shape index (κ2) is 11.9. The summed E-state index contributed by atoms with van der Waals surface area (Å²) in [6, 6.07) is -1.65. The lowest BCUT2D eigenvalue weighted by atomic mass is 9.85. The third-order valence-electron chi connectivity index (χ3n) is 6.66. The Morgan fingerprint density at radius 3 is 2.37 bits per heavy atom. The van der Waals surface area contributed by atoms with Gasteiger partial charge < -0.3 is 70.2 Å². The van der Waals surface area contributed by atoms with E-state index >= 15 is 0 Å². The Morgan fingerprint density at radius 1 is 1.13 bits per heavy atom. The van der Waals surface area contributed by atoms with Crippen LogP contribution in [-0.2, 0) is 28.5 Å². The van der Waals surface area contributed by atoms with Gasteiger partial charge in [-0.15, -0.1) is 0 Å². The molecule has 3 rings (SSSR count). The number of carbonyl (C=O) groups excluding carboxylic acids is 1. The molecule has 216 valence electrons. The Morgan fingerprint density at radius 2 is 1.82 bits per heavy atom. The number of aliphatic carboxylic acids is 1. The Bertz CT molecular complexity index is 915. The number of rotatable bonds is 9. The lowest BCUT2D eigenvalue weighted by Gasteiger charge is -2.54. The van der Waals surface area contributed by atoms with Gasteiger partial charge in [0.05, 0.1) is 31.1 Å². The average Bonchev–Trinajstić information content (AvgIpc) is 2.91. The standard InChI is InChI=1S/C22H33NO15/c1-9-15(28)17(30)19(31)22(36-9,12-4-2-3-5-35-12)37-11-6-21(34,20(32)33)38-18(16(29)10(26)7-24)14(11)23-13(27)8-25/h2-5,9-12,14-19,24-26,28-31,34H,6-8H2,1H3,(H,23,27)(H,32,33)/t9-,10+,11-,12?,14+,15+,16+,17+,18+,19-,21?,22?/m0/s1. The van der Waals surface area contributed by atoms with Crippen LogP contribution < -0.4 is 5.32 Å². The first-order valence-corrected chi connectivity index (χ1v) is 11.7. The van der Waals surface area contributed by atoms with Crippen molar-refractivity contribution in [3.63, 3.8) is 0 Å². The van der Waals surface area contributed by atoms with Crippen LogP contribution >= 0.6 is 0 Å². The molecule has 12 atom stereocenters. The monoisotopic (exact) mass is 551 g/mol. The number of nitrogens with one attached hydrogen (secondary N) is 1. The number of carboxylic acids is 1. The number of aliphatic hydroxyl groups excluding tert-OH is 7. The molecule has 0 aromatic heterocycles. The number of carbonyl (C=O) groups is 2. The van der Waals surface area contributed by atoms with Crippen LogP contribution in [0.25, 0.3) is 0 Å². The molecule has 3 heterocycles. The minimum Gasteiger partial charge on any atom is -0.488 e. The van der Waals surface area contributed by atoms with Crippen LogP contribution in [0.2, 0.25) is 0 Å². The van der Waals surface area contributed by atoms with Crippen molar-refractivity contribution >= 4 is 11.9 Å². The van der Waals surface area contributed by atoms with Crippen LogP contribution in [0.4, 0.5) is 0 Å². The van der Waals surface area contributed by atoms with Crippen molar-refractivity contribution in [1.29, 1.82) is 0 Å². The van der Waals surface area contributed by atoms with E-state index in [0.717, 1.165) is 0 Å². The van der Waals surface area contributed by atoms with Gasteiger partial charge in [-0.3, -0.25) is 4.79 Å². The number of amides is 1. The molecule has 3 aliphatic rings. The van der Waals surface area contributed by atoms with E-state index in [9.17, 15) is 55.5 Å². The predicted molar refractivity (Wildman–Crippen MR) is 120 cm³/mol. The first-order chi connectivity index (χ1) is 17.8. The van der Waals surface area contributed by atoms with Crippen LogP contribution in [0.1, 0.15) is 13.3 Å². The van der Waals surface area contributed by atoms with Crippen LogP contribution in [0.15, 0.2) is 24.5 Å². The van der Waals surface area contributed by atoms with Gasteiger partial charge >= 0.3 is 5.97 Å². The maximum Gasteiger partial charge on any atom is 0.364 e. The van der Waals surface area contributed by atoms with E-state index in [1.54, 1.807) is 0 Å². The fraction of sp³-hybridized carbons (Fsp3) is 0.727. The summed E-state index contributed by atoms with van der Waals surface area (Å²) in [5.74, 6) is -8.52. The highest BCUT2D eigenvalue weighted by Crippen LogP contribution is 2.41. The molecule has 0 aromatic rings. The molecular formula is C22H33NO15. The van der Waals surface area contributed by atoms with Crippen molar-refractivity contribution in [2.75, 3.05) is 13.2 Å². The Labute approximate surface area is 215 Å². The molecule has 0 bridgehead atoms. The largest absolute Gasteiger partial charge is 0.488 e. The highest BCUT2D eigenvalue weighted by atomic mass is 16.7. The lowest BCUT2D eigenvalue weighted by Crippen LogP contribution is -2.74. The Balaban J connectivity index is 2.12.